The van der Waals surface area contributed by atoms with Crippen LogP contribution in [0.4, 0.5) is 0 Å². The Morgan fingerprint density at radius 2 is 2.00 bits per heavy atom. The van der Waals surface area contributed by atoms with Crippen molar-refractivity contribution in [1.82, 2.24) is 0 Å². The number of hydrogen-bond donors (Lipinski definition) is 2. The first-order chi connectivity index (χ1) is 13.3. The molecule has 0 aliphatic carbocycles. The molecule has 1 aromatic rings. The predicted octanol–water partition coefficient (Wildman–Crippen LogP) is 1.59. The van der Waals surface area contributed by atoms with E-state index in [1.807, 2.05) is 6.07 Å². The number of carbonyl (C=O) groups is 2. The normalized spacial score (nSPS) is 29.6. The molecule has 0 aromatic heterocycles. The van der Waals surface area contributed by atoms with Crippen LogP contribution >= 0.6 is 0 Å². The monoisotopic (exact) mass is 393 g/mol. The van der Waals surface area contributed by atoms with Crippen LogP contribution in [0.15, 0.2) is 35.4 Å². The van der Waals surface area contributed by atoms with E-state index in [0.29, 0.717) is 0 Å². The van der Waals surface area contributed by atoms with E-state index in [0.717, 1.165) is 5.56 Å². The summed E-state index contributed by atoms with van der Waals surface area (Å²) in [4.78, 5) is 25.7. The van der Waals surface area contributed by atoms with Gasteiger partial charge in [-0.1, -0.05) is 35.4 Å². The van der Waals surface area contributed by atoms with Crippen molar-refractivity contribution >= 4 is 11.8 Å². The summed E-state index contributed by atoms with van der Waals surface area (Å²) in [6.07, 6.45) is -5.86. The SMILES string of the molecule is CC(=O)CCC(=O)O[C@@H]1[C@@H](OCc2ccccc2)[C@@](O)(N=[N+]=[N-])[C@@H](C)O[C@@H]1O. The summed E-state index contributed by atoms with van der Waals surface area (Å²) in [7, 11) is 0. The maximum absolute atomic E-state index is 12.0. The van der Waals surface area contributed by atoms with Crippen molar-refractivity contribution < 1.29 is 34.0 Å². The lowest BCUT2D eigenvalue weighted by Gasteiger charge is -2.46. The third kappa shape index (κ3) is 5.28. The molecule has 1 heterocycles. The molecule has 10 heteroatoms. The molecule has 5 atom stereocenters. The molecule has 28 heavy (non-hydrogen) atoms. The van der Waals surface area contributed by atoms with Crippen LogP contribution in [0.1, 0.15) is 32.3 Å². The fourth-order valence-electron chi connectivity index (χ4n) is 2.81. The van der Waals surface area contributed by atoms with E-state index < -0.39 is 36.3 Å². The summed E-state index contributed by atoms with van der Waals surface area (Å²) in [6.45, 7) is 2.72. The lowest BCUT2D eigenvalue weighted by Crippen LogP contribution is -2.65. The molecule has 152 valence electrons. The van der Waals surface area contributed by atoms with Gasteiger partial charge in [-0.05, 0) is 24.9 Å². The Balaban J connectivity index is 2.25. The van der Waals surface area contributed by atoms with Crippen molar-refractivity contribution in [2.24, 2.45) is 5.11 Å². The number of azide groups is 1. The molecule has 1 aliphatic rings. The maximum atomic E-state index is 12.0. The van der Waals surface area contributed by atoms with Crippen molar-refractivity contribution in [3.63, 3.8) is 0 Å². The van der Waals surface area contributed by atoms with E-state index in [1.165, 1.54) is 13.8 Å². The van der Waals surface area contributed by atoms with Crippen LogP contribution < -0.4 is 0 Å². The average molecular weight is 393 g/mol. The van der Waals surface area contributed by atoms with Crippen molar-refractivity contribution in [1.29, 1.82) is 0 Å². The molecular formula is C18H23N3O7. The Morgan fingerprint density at radius 3 is 2.61 bits per heavy atom. The fourth-order valence-corrected chi connectivity index (χ4v) is 2.81. The first kappa shape index (κ1) is 21.8. The van der Waals surface area contributed by atoms with Gasteiger partial charge in [0.15, 0.2) is 18.1 Å². The third-order valence-corrected chi connectivity index (χ3v) is 4.37. The molecule has 0 spiro atoms. The van der Waals surface area contributed by atoms with E-state index >= 15 is 0 Å². The summed E-state index contributed by atoms with van der Waals surface area (Å²) in [5.41, 5.74) is 7.39. The van der Waals surface area contributed by atoms with Crippen molar-refractivity contribution in [2.75, 3.05) is 0 Å². The third-order valence-electron chi connectivity index (χ3n) is 4.37. The van der Waals surface area contributed by atoms with Gasteiger partial charge in [-0.3, -0.25) is 4.79 Å². The number of nitrogens with zero attached hydrogens (tertiary/aromatic N) is 3. The molecule has 0 bridgehead atoms. The number of hydrogen-bond acceptors (Lipinski definition) is 8. The summed E-state index contributed by atoms with van der Waals surface area (Å²) < 4.78 is 16.1. The minimum atomic E-state index is -2.23. The zero-order chi connectivity index (χ0) is 20.7. The fraction of sp³-hybridized carbons (Fsp3) is 0.556. The molecule has 10 nitrogen and oxygen atoms in total. The van der Waals surface area contributed by atoms with Crippen molar-refractivity contribution in [3.8, 4) is 0 Å². The van der Waals surface area contributed by atoms with Crippen LogP contribution in [-0.2, 0) is 30.4 Å². The first-order valence-electron chi connectivity index (χ1n) is 8.74. The van der Waals surface area contributed by atoms with Crippen LogP contribution in [0.25, 0.3) is 10.4 Å². The van der Waals surface area contributed by atoms with Crippen LogP contribution in [0.5, 0.6) is 0 Å². The van der Waals surface area contributed by atoms with Gasteiger partial charge in [0.2, 0.25) is 0 Å². The van der Waals surface area contributed by atoms with Crippen LogP contribution in [0, 0.1) is 0 Å². The van der Waals surface area contributed by atoms with Gasteiger partial charge >= 0.3 is 5.97 Å². The molecule has 1 fully saturated rings. The molecule has 0 unspecified atom stereocenters. The highest BCUT2D eigenvalue weighted by Crippen LogP contribution is 2.35. The van der Waals surface area contributed by atoms with E-state index in [-0.39, 0.29) is 25.2 Å². The largest absolute Gasteiger partial charge is 0.454 e. The van der Waals surface area contributed by atoms with E-state index in [9.17, 15) is 19.8 Å². The maximum Gasteiger partial charge on any atom is 0.306 e. The van der Waals surface area contributed by atoms with Gasteiger partial charge in [-0.2, -0.15) is 0 Å². The van der Waals surface area contributed by atoms with Gasteiger partial charge in [0, 0.05) is 11.3 Å². The van der Waals surface area contributed by atoms with E-state index in [1.54, 1.807) is 24.3 Å². The second-order valence-corrected chi connectivity index (χ2v) is 6.52. The number of esters is 1. The lowest BCUT2D eigenvalue weighted by molar-refractivity contribution is -0.322. The number of ether oxygens (including phenoxy) is 3. The standard InChI is InChI=1S/C18H23N3O7/c1-11(22)8-9-14(23)28-15-16(26-10-13-6-4-3-5-7-13)18(25,20-21-19)12(2)27-17(15)24/h3-7,12,15-17,24-25H,8-10H2,1-2H3/t12-,15-,16-,17+,18-/m1/s1. The molecular weight excluding hydrogens is 370 g/mol. The Kier molecular flexibility index (Phi) is 7.50. The van der Waals surface area contributed by atoms with Gasteiger partial charge in [0.1, 0.15) is 11.9 Å². The summed E-state index contributed by atoms with van der Waals surface area (Å²) in [5, 5.41) is 24.5. The van der Waals surface area contributed by atoms with Crippen LogP contribution in [0.2, 0.25) is 0 Å². The Labute approximate surface area is 161 Å². The number of Topliss-reactive ketones (excluding diaryl/α,β-unsaturated/α-hetero) is 1. The quantitative estimate of drug-likeness (QED) is 0.294. The topological polar surface area (TPSA) is 151 Å². The summed E-state index contributed by atoms with van der Waals surface area (Å²) in [5.74, 6) is -0.984. The molecule has 2 rings (SSSR count). The van der Waals surface area contributed by atoms with E-state index in [2.05, 4.69) is 10.0 Å². The smallest absolute Gasteiger partial charge is 0.306 e. The summed E-state index contributed by atoms with van der Waals surface area (Å²) in [6, 6.07) is 8.96. The highest BCUT2D eigenvalue weighted by atomic mass is 16.7. The zero-order valence-corrected chi connectivity index (χ0v) is 15.6. The van der Waals surface area contributed by atoms with Crippen LogP contribution in [-0.4, -0.2) is 52.3 Å². The van der Waals surface area contributed by atoms with Gasteiger partial charge in [0.05, 0.1) is 19.1 Å². The number of ketones is 1. The molecule has 0 saturated carbocycles. The van der Waals surface area contributed by atoms with Gasteiger partial charge in [0.25, 0.3) is 0 Å². The molecule has 1 aliphatic heterocycles. The first-order valence-corrected chi connectivity index (χ1v) is 8.74. The number of benzene rings is 1. The van der Waals surface area contributed by atoms with Gasteiger partial charge in [-0.15, -0.1) is 0 Å². The number of aliphatic hydroxyl groups excluding tert-OH is 1. The lowest BCUT2D eigenvalue weighted by atomic mass is 9.93. The van der Waals surface area contributed by atoms with Crippen molar-refractivity contribution in [3.05, 3.63) is 46.3 Å². The van der Waals surface area contributed by atoms with Gasteiger partial charge in [-0.25, -0.2) is 0 Å². The zero-order valence-electron chi connectivity index (χ0n) is 15.6. The Hall–Kier alpha value is -2.49. The molecule has 2 N–H and O–H groups in total. The Bertz CT molecular complexity index is 738. The van der Waals surface area contributed by atoms with Gasteiger partial charge < -0.3 is 29.2 Å². The minimum absolute atomic E-state index is 0.00426. The van der Waals surface area contributed by atoms with Crippen molar-refractivity contribution in [2.45, 2.75) is 63.6 Å². The number of carbonyl (C=O) groups excluding carboxylic acids is 2. The molecule has 1 saturated heterocycles. The van der Waals surface area contributed by atoms with Crippen LogP contribution in [0.3, 0.4) is 0 Å². The summed E-state index contributed by atoms with van der Waals surface area (Å²) >= 11 is 0. The Morgan fingerprint density at radius 1 is 1.32 bits per heavy atom. The highest BCUT2D eigenvalue weighted by Gasteiger charge is 2.56. The predicted molar refractivity (Wildman–Crippen MR) is 95.5 cm³/mol. The average Bonchev–Trinajstić information content (AvgIpc) is 2.65. The molecule has 0 radical (unpaired) electrons. The van der Waals surface area contributed by atoms with E-state index in [4.69, 9.17) is 19.7 Å². The molecule has 0 amide bonds. The highest BCUT2D eigenvalue weighted by molar-refractivity contribution is 5.81. The number of aliphatic hydroxyl groups is 2. The molecule has 1 aromatic carbocycles. The minimum Gasteiger partial charge on any atom is -0.454 e. The second kappa shape index (κ2) is 9.63. The number of rotatable bonds is 8. The second-order valence-electron chi connectivity index (χ2n) is 6.52.